The first-order chi connectivity index (χ1) is 15.4. The predicted molar refractivity (Wildman–Crippen MR) is 125 cm³/mol. The van der Waals surface area contributed by atoms with Crippen LogP contribution >= 0.6 is 23.8 Å². The molecule has 1 aliphatic carbocycles. The van der Waals surface area contributed by atoms with Crippen molar-refractivity contribution in [1.29, 1.82) is 5.26 Å². The van der Waals surface area contributed by atoms with Gasteiger partial charge in [-0.05, 0) is 62.0 Å². The van der Waals surface area contributed by atoms with Gasteiger partial charge in [0.1, 0.15) is 12.1 Å². The van der Waals surface area contributed by atoms with Crippen molar-refractivity contribution in [1.82, 2.24) is 15.1 Å². The van der Waals surface area contributed by atoms with E-state index in [2.05, 4.69) is 10.2 Å². The van der Waals surface area contributed by atoms with Gasteiger partial charge in [-0.1, -0.05) is 30.9 Å². The number of nitriles is 1. The Morgan fingerprint density at radius 1 is 1.28 bits per heavy atom. The Hall–Kier alpha value is -2.37. The molecule has 3 atom stereocenters. The van der Waals surface area contributed by atoms with E-state index in [-0.39, 0.29) is 29.0 Å². The van der Waals surface area contributed by atoms with E-state index in [1.807, 2.05) is 6.07 Å². The molecular weight excluding hydrogens is 446 g/mol. The molecule has 0 aromatic heterocycles. The van der Waals surface area contributed by atoms with Crippen molar-refractivity contribution in [2.45, 2.75) is 63.6 Å². The van der Waals surface area contributed by atoms with Gasteiger partial charge in [-0.15, -0.1) is 0 Å². The zero-order valence-corrected chi connectivity index (χ0v) is 19.6. The molecule has 7 nitrogen and oxygen atoms in total. The first-order valence-corrected chi connectivity index (χ1v) is 12.1. The molecule has 32 heavy (non-hydrogen) atoms. The number of hydrogen-bond donors (Lipinski definition) is 1. The van der Waals surface area contributed by atoms with Crippen LogP contribution in [0.4, 0.5) is 10.5 Å². The van der Waals surface area contributed by atoms with Crippen molar-refractivity contribution in [3.05, 3.63) is 28.3 Å². The zero-order chi connectivity index (χ0) is 22.6. The van der Waals surface area contributed by atoms with Crippen LogP contribution in [0.3, 0.4) is 0 Å². The molecule has 1 unspecified atom stereocenters. The summed E-state index contributed by atoms with van der Waals surface area (Å²) in [5.41, 5.74) is 1.33. The summed E-state index contributed by atoms with van der Waals surface area (Å²) in [6.07, 6.45) is 7.14. The third-order valence-corrected chi connectivity index (χ3v) is 8.38. The maximum atomic E-state index is 13.4. The molecule has 4 fully saturated rings. The Kier molecular flexibility index (Phi) is 5.50. The Labute approximate surface area is 198 Å². The smallest absolute Gasteiger partial charge is 0.332 e. The minimum Gasteiger partial charge on any atom is -0.362 e. The van der Waals surface area contributed by atoms with E-state index in [1.165, 1.54) is 37.0 Å². The van der Waals surface area contributed by atoms with E-state index in [1.54, 1.807) is 24.0 Å². The molecule has 3 saturated heterocycles. The highest BCUT2D eigenvalue weighted by Gasteiger charge is 2.62. The number of hydrogen-bond acceptors (Lipinski definition) is 4. The first kappa shape index (κ1) is 21.5. The van der Waals surface area contributed by atoms with Crippen LogP contribution < -0.4 is 10.2 Å². The molecule has 1 aromatic carbocycles. The van der Waals surface area contributed by atoms with E-state index in [9.17, 15) is 14.9 Å². The van der Waals surface area contributed by atoms with E-state index >= 15 is 0 Å². The number of thiocarbonyl (C=S) groups is 1. The molecule has 168 valence electrons. The van der Waals surface area contributed by atoms with Crippen molar-refractivity contribution in [2.75, 3.05) is 18.0 Å². The third-order valence-electron chi connectivity index (χ3n) is 7.51. The van der Waals surface area contributed by atoms with Crippen LogP contribution in [-0.4, -0.2) is 58.1 Å². The fraction of sp³-hybridized carbons (Fsp3) is 0.565. The van der Waals surface area contributed by atoms with Gasteiger partial charge in [0.25, 0.3) is 5.91 Å². The lowest BCUT2D eigenvalue weighted by Crippen LogP contribution is -2.57. The van der Waals surface area contributed by atoms with Gasteiger partial charge < -0.3 is 15.1 Å². The Bertz CT molecular complexity index is 1030. The van der Waals surface area contributed by atoms with Crippen molar-refractivity contribution >= 4 is 46.6 Å². The molecule has 2 bridgehead atoms. The van der Waals surface area contributed by atoms with Crippen LogP contribution in [0, 0.1) is 24.2 Å². The van der Waals surface area contributed by atoms with E-state index in [0.717, 1.165) is 13.0 Å². The fourth-order valence-corrected chi connectivity index (χ4v) is 6.34. The van der Waals surface area contributed by atoms with Gasteiger partial charge in [-0.3, -0.25) is 4.79 Å². The van der Waals surface area contributed by atoms with Gasteiger partial charge in [-0.2, -0.15) is 5.26 Å². The summed E-state index contributed by atoms with van der Waals surface area (Å²) in [6, 6.07) is 4.24. The molecular formula is C23H26ClN5O2S. The second-order valence-corrected chi connectivity index (χ2v) is 10.1. The third kappa shape index (κ3) is 3.25. The number of nitrogens with one attached hydrogen (secondary N) is 1. The number of carbonyl (C=O) groups is 2. The lowest BCUT2D eigenvalue weighted by molar-refractivity contribution is -0.120. The van der Waals surface area contributed by atoms with Gasteiger partial charge in [0, 0.05) is 13.1 Å². The molecule has 1 N–H and O–H groups in total. The lowest BCUT2D eigenvalue weighted by atomic mass is 9.89. The number of halogens is 1. The average molecular weight is 472 g/mol. The highest BCUT2D eigenvalue weighted by atomic mass is 35.5. The first-order valence-electron chi connectivity index (χ1n) is 11.3. The van der Waals surface area contributed by atoms with Crippen LogP contribution in [0.2, 0.25) is 5.02 Å². The Morgan fingerprint density at radius 2 is 2.03 bits per heavy atom. The number of carbonyl (C=O) groups excluding carboxylic acids is 2. The summed E-state index contributed by atoms with van der Waals surface area (Å²) in [5, 5.41) is 13.6. The summed E-state index contributed by atoms with van der Waals surface area (Å²) in [5.74, 6) is 0.415. The summed E-state index contributed by atoms with van der Waals surface area (Å²) in [6.45, 7) is 3.26. The number of likely N-dealkylation sites (tertiary alicyclic amines) is 1. The van der Waals surface area contributed by atoms with Gasteiger partial charge in [0.2, 0.25) is 0 Å². The minimum absolute atomic E-state index is 0.0324. The number of nitrogens with zero attached hydrogens (tertiary/aromatic N) is 4. The SMILES string of the molecule is Cc1c(N2C(=O)[C@@H]3C4C[C@H](CN4C(=S)NCC4CCCCC4)N3C2=O)ccc(C#N)c1Cl. The predicted octanol–water partition coefficient (Wildman–Crippen LogP) is 3.57. The summed E-state index contributed by atoms with van der Waals surface area (Å²) < 4.78 is 0. The molecule has 1 saturated carbocycles. The van der Waals surface area contributed by atoms with E-state index in [0.29, 0.717) is 34.4 Å². The van der Waals surface area contributed by atoms with Gasteiger partial charge in [-0.25, -0.2) is 9.69 Å². The molecule has 9 heteroatoms. The standard InChI is InChI=1S/C23H26ClN5O2S/c1-13-17(8-7-15(10-25)19(13)24)29-21(30)20-18-9-16(28(20)23(29)31)12-27(18)22(32)26-11-14-5-3-2-4-6-14/h7-8,14,16,18,20H,2-6,9,11-12H2,1H3,(H,26,32)/t16-,18?,20+/m1/s1. The van der Waals surface area contributed by atoms with Crippen molar-refractivity contribution in [3.63, 3.8) is 0 Å². The quantitative estimate of drug-likeness (QED) is 0.536. The second kappa shape index (κ2) is 8.20. The second-order valence-electron chi connectivity index (χ2n) is 9.29. The number of imide groups is 1. The highest BCUT2D eigenvalue weighted by Crippen LogP contribution is 2.43. The number of benzene rings is 1. The average Bonchev–Trinajstić information content (AvgIpc) is 3.47. The van der Waals surface area contributed by atoms with E-state index in [4.69, 9.17) is 23.8 Å². The van der Waals surface area contributed by atoms with Gasteiger partial charge in [0.05, 0.1) is 28.4 Å². The molecule has 3 amide bonds. The van der Waals surface area contributed by atoms with E-state index < -0.39 is 6.04 Å². The Balaban J connectivity index is 1.33. The van der Waals surface area contributed by atoms with Crippen LogP contribution in [0.25, 0.3) is 0 Å². The van der Waals surface area contributed by atoms with Crippen LogP contribution in [0.15, 0.2) is 12.1 Å². The fourth-order valence-electron chi connectivity index (χ4n) is 5.84. The maximum absolute atomic E-state index is 13.4. The number of rotatable bonds is 3. The minimum atomic E-state index is -0.538. The van der Waals surface area contributed by atoms with Crippen molar-refractivity contribution in [2.24, 2.45) is 5.92 Å². The van der Waals surface area contributed by atoms with Crippen LogP contribution in [0.1, 0.15) is 49.7 Å². The molecule has 1 aromatic rings. The number of fused-ring (bicyclic) bond motifs is 5. The molecule has 3 heterocycles. The number of piperazine rings is 1. The van der Waals surface area contributed by atoms with Gasteiger partial charge >= 0.3 is 6.03 Å². The number of anilines is 1. The summed E-state index contributed by atoms with van der Waals surface area (Å²) in [7, 11) is 0. The number of amides is 3. The summed E-state index contributed by atoms with van der Waals surface area (Å²) in [4.78, 5) is 31.8. The molecule has 4 aliphatic rings. The van der Waals surface area contributed by atoms with Gasteiger partial charge in [0.15, 0.2) is 5.11 Å². The normalized spacial score (nSPS) is 27.2. The summed E-state index contributed by atoms with van der Waals surface area (Å²) >= 11 is 12.0. The largest absolute Gasteiger partial charge is 0.362 e. The maximum Gasteiger partial charge on any atom is 0.332 e. The van der Waals surface area contributed by atoms with Crippen LogP contribution in [0.5, 0.6) is 0 Å². The Morgan fingerprint density at radius 3 is 2.75 bits per heavy atom. The van der Waals surface area contributed by atoms with Crippen molar-refractivity contribution < 1.29 is 9.59 Å². The zero-order valence-electron chi connectivity index (χ0n) is 18.0. The number of urea groups is 1. The molecule has 0 radical (unpaired) electrons. The van der Waals surface area contributed by atoms with Crippen molar-refractivity contribution in [3.8, 4) is 6.07 Å². The highest BCUT2D eigenvalue weighted by molar-refractivity contribution is 7.80. The topological polar surface area (TPSA) is 79.7 Å². The van der Waals surface area contributed by atoms with Crippen LogP contribution in [-0.2, 0) is 4.79 Å². The monoisotopic (exact) mass is 471 g/mol. The molecule has 3 aliphatic heterocycles. The molecule has 0 spiro atoms. The molecule has 5 rings (SSSR count). The lowest BCUT2D eigenvalue weighted by Gasteiger charge is -2.37.